The molecule has 0 radical (unpaired) electrons. The van der Waals surface area contributed by atoms with E-state index in [4.69, 9.17) is 25.5 Å². The van der Waals surface area contributed by atoms with Gasteiger partial charge in [-0.25, -0.2) is 0 Å². The van der Waals surface area contributed by atoms with Crippen LogP contribution in [0, 0.1) is 0 Å². The fraction of sp³-hybridized carbons (Fsp3) is 0.167. The molecule has 88 valence electrons. The van der Waals surface area contributed by atoms with E-state index in [0.29, 0.717) is 22.2 Å². The first-order chi connectivity index (χ1) is 8.26. The van der Waals surface area contributed by atoms with Crippen LogP contribution in [0.1, 0.15) is 0 Å². The Morgan fingerprint density at radius 1 is 1.24 bits per heavy atom. The van der Waals surface area contributed by atoms with E-state index in [-0.39, 0.29) is 0 Å². The number of benzene rings is 1. The summed E-state index contributed by atoms with van der Waals surface area (Å²) in [7, 11) is 3.14. The molecule has 0 saturated heterocycles. The van der Waals surface area contributed by atoms with E-state index in [2.05, 4.69) is 4.98 Å². The SMILES string of the molecule is COc1cc2c([nH]c3occc32)c(Cl)c1OC. The van der Waals surface area contributed by atoms with E-state index in [9.17, 15) is 0 Å². The standard InChI is InChI=1S/C12H10ClNO3/c1-15-8-5-7-6-3-4-17-12(6)14-10(7)9(13)11(8)16-2/h3-5,14H,1-2H3. The van der Waals surface area contributed by atoms with E-state index in [0.717, 1.165) is 16.3 Å². The van der Waals surface area contributed by atoms with Crippen LogP contribution < -0.4 is 9.47 Å². The lowest BCUT2D eigenvalue weighted by atomic mass is 10.2. The number of halogens is 1. The van der Waals surface area contributed by atoms with Crippen molar-refractivity contribution in [1.29, 1.82) is 0 Å². The second-order valence-electron chi connectivity index (χ2n) is 3.64. The highest BCUT2D eigenvalue weighted by molar-refractivity contribution is 6.38. The predicted molar refractivity (Wildman–Crippen MR) is 66.2 cm³/mol. The minimum Gasteiger partial charge on any atom is -0.493 e. The van der Waals surface area contributed by atoms with Crippen molar-refractivity contribution in [2.45, 2.75) is 0 Å². The maximum absolute atomic E-state index is 6.28. The van der Waals surface area contributed by atoms with Gasteiger partial charge in [-0.05, 0) is 12.1 Å². The molecule has 0 saturated carbocycles. The van der Waals surface area contributed by atoms with Crippen molar-refractivity contribution in [3.63, 3.8) is 0 Å². The fourth-order valence-electron chi connectivity index (χ4n) is 2.02. The Morgan fingerprint density at radius 2 is 2.06 bits per heavy atom. The number of nitrogens with one attached hydrogen (secondary N) is 1. The Labute approximate surface area is 102 Å². The normalized spacial score (nSPS) is 11.2. The van der Waals surface area contributed by atoms with Gasteiger partial charge in [-0.3, -0.25) is 0 Å². The highest BCUT2D eigenvalue weighted by Crippen LogP contribution is 2.43. The zero-order chi connectivity index (χ0) is 12.0. The zero-order valence-corrected chi connectivity index (χ0v) is 10.1. The number of H-pyrrole nitrogens is 1. The third kappa shape index (κ3) is 1.31. The number of ether oxygens (including phenoxy) is 2. The van der Waals surface area contributed by atoms with Gasteiger partial charge < -0.3 is 18.9 Å². The maximum atomic E-state index is 6.28. The van der Waals surface area contributed by atoms with Gasteiger partial charge in [-0.15, -0.1) is 0 Å². The summed E-state index contributed by atoms with van der Waals surface area (Å²) in [5, 5.41) is 2.42. The molecule has 17 heavy (non-hydrogen) atoms. The van der Waals surface area contributed by atoms with Crippen LogP contribution in [0.4, 0.5) is 0 Å². The molecule has 0 fully saturated rings. The Balaban J connectivity index is 2.48. The Bertz CT molecular complexity index is 698. The number of aromatic amines is 1. The van der Waals surface area contributed by atoms with Crippen molar-refractivity contribution in [3.8, 4) is 11.5 Å². The minimum absolute atomic E-state index is 0.494. The van der Waals surface area contributed by atoms with E-state index in [1.165, 1.54) is 0 Å². The van der Waals surface area contributed by atoms with E-state index in [1.54, 1.807) is 20.5 Å². The summed E-state index contributed by atoms with van der Waals surface area (Å²) in [6, 6.07) is 3.77. The number of methoxy groups -OCH3 is 2. The van der Waals surface area contributed by atoms with Gasteiger partial charge >= 0.3 is 0 Å². The molecule has 3 rings (SSSR count). The van der Waals surface area contributed by atoms with Crippen molar-refractivity contribution in [3.05, 3.63) is 23.4 Å². The van der Waals surface area contributed by atoms with Crippen molar-refractivity contribution in [2.24, 2.45) is 0 Å². The summed E-state index contributed by atoms with van der Waals surface area (Å²) in [6.07, 6.45) is 1.63. The third-order valence-corrected chi connectivity index (χ3v) is 3.17. The highest BCUT2D eigenvalue weighted by atomic mass is 35.5. The van der Waals surface area contributed by atoms with Gasteiger partial charge in [0, 0.05) is 10.8 Å². The number of rotatable bonds is 2. The van der Waals surface area contributed by atoms with Gasteiger partial charge in [-0.1, -0.05) is 11.6 Å². The van der Waals surface area contributed by atoms with Crippen molar-refractivity contribution in [1.82, 2.24) is 4.98 Å². The summed E-state index contributed by atoms with van der Waals surface area (Å²) in [6.45, 7) is 0. The smallest absolute Gasteiger partial charge is 0.205 e. The van der Waals surface area contributed by atoms with Crippen LogP contribution in [0.2, 0.25) is 5.02 Å². The number of aromatic nitrogens is 1. The van der Waals surface area contributed by atoms with Crippen LogP contribution in [0.5, 0.6) is 11.5 Å². The average molecular weight is 252 g/mol. The van der Waals surface area contributed by atoms with E-state index < -0.39 is 0 Å². The van der Waals surface area contributed by atoms with Crippen molar-refractivity contribution in [2.75, 3.05) is 14.2 Å². The second kappa shape index (κ2) is 3.60. The number of hydrogen-bond donors (Lipinski definition) is 1. The number of furan rings is 1. The van der Waals surface area contributed by atoms with Crippen LogP contribution in [0.3, 0.4) is 0 Å². The van der Waals surface area contributed by atoms with Gasteiger partial charge in [0.15, 0.2) is 11.5 Å². The lowest BCUT2D eigenvalue weighted by molar-refractivity contribution is 0.356. The number of hydrogen-bond acceptors (Lipinski definition) is 3. The molecule has 2 heterocycles. The van der Waals surface area contributed by atoms with Gasteiger partial charge in [0.05, 0.1) is 26.0 Å². The summed E-state index contributed by atoms with van der Waals surface area (Å²) in [5.41, 5.74) is 1.48. The van der Waals surface area contributed by atoms with Gasteiger partial charge in [-0.2, -0.15) is 0 Å². The predicted octanol–water partition coefficient (Wildman–Crippen LogP) is 3.58. The fourth-order valence-corrected chi connectivity index (χ4v) is 2.34. The molecule has 4 nitrogen and oxygen atoms in total. The molecule has 2 aromatic heterocycles. The van der Waals surface area contributed by atoms with Crippen molar-refractivity contribution >= 4 is 33.6 Å². The summed E-state index contributed by atoms with van der Waals surface area (Å²) >= 11 is 6.28. The molecule has 1 aromatic carbocycles. The molecule has 5 heteroatoms. The molecule has 0 amide bonds. The summed E-state index contributed by atoms with van der Waals surface area (Å²) in [4.78, 5) is 3.12. The summed E-state index contributed by atoms with van der Waals surface area (Å²) < 4.78 is 15.8. The molecule has 1 N–H and O–H groups in total. The number of fused-ring (bicyclic) bond motifs is 3. The van der Waals surface area contributed by atoms with E-state index >= 15 is 0 Å². The van der Waals surface area contributed by atoms with Gasteiger partial charge in [0.1, 0.15) is 5.02 Å². The molecular formula is C12H10ClNO3. The molecule has 0 atom stereocenters. The zero-order valence-electron chi connectivity index (χ0n) is 9.33. The Kier molecular flexibility index (Phi) is 2.19. The monoisotopic (exact) mass is 251 g/mol. The van der Waals surface area contributed by atoms with E-state index in [1.807, 2.05) is 12.1 Å². The average Bonchev–Trinajstić information content (AvgIpc) is 2.90. The van der Waals surface area contributed by atoms with Crippen LogP contribution >= 0.6 is 11.6 Å². The van der Waals surface area contributed by atoms with Gasteiger partial charge in [0.25, 0.3) is 0 Å². The molecule has 0 unspecified atom stereocenters. The Morgan fingerprint density at radius 3 is 2.76 bits per heavy atom. The first kappa shape index (κ1) is 10.4. The molecule has 3 aromatic rings. The Hall–Kier alpha value is -1.81. The van der Waals surface area contributed by atoms with Crippen LogP contribution in [0.25, 0.3) is 22.0 Å². The first-order valence-corrected chi connectivity index (χ1v) is 5.43. The maximum Gasteiger partial charge on any atom is 0.205 e. The van der Waals surface area contributed by atoms with Crippen LogP contribution in [-0.4, -0.2) is 19.2 Å². The highest BCUT2D eigenvalue weighted by Gasteiger charge is 2.17. The molecule has 0 aliphatic carbocycles. The lowest BCUT2D eigenvalue weighted by Crippen LogP contribution is -1.91. The molecule has 0 bridgehead atoms. The quantitative estimate of drug-likeness (QED) is 0.757. The molecule has 0 aliphatic rings. The summed E-state index contributed by atoms with van der Waals surface area (Å²) in [5.74, 6) is 1.12. The van der Waals surface area contributed by atoms with Crippen LogP contribution in [-0.2, 0) is 0 Å². The van der Waals surface area contributed by atoms with Gasteiger partial charge in [0.2, 0.25) is 5.71 Å². The van der Waals surface area contributed by atoms with Crippen LogP contribution in [0.15, 0.2) is 22.8 Å². The molecular weight excluding hydrogens is 242 g/mol. The first-order valence-electron chi connectivity index (χ1n) is 5.05. The lowest BCUT2D eigenvalue weighted by Gasteiger charge is -2.09. The topological polar surface area (TPSA) is 47.4 Å². The minimum atomic E-state index is 0.494. The molecule has 0 aliphatic heterocycles. The van der Waals surface area contributed by atoms with Crippen molar-refractivity contribution < 1.29 is 13.9 Å². The largest absolute Gasteiger partial charge is 0.493 e. The third-order valence-electron chi connectivity index (χ3n) is 2.81. The second-order valence-corrected chi connectivity index (χ2v) is 4.01. The molecule has 0 spiro atoms.